The van der Waals surface area contributed by atoms with Crippen LogP contribution in [0.25, 0.3) is 0 Å². The summed E-state index contributed by atoms with van der Waals surface area (Å²) in [6.45, 7) is 4.07. The Balaban J connectivity index is 2.03. The van der Waals surface area contributed by atoms with Crippen LogP contribution in [0.4, 0.5) is 11.4 Å². The van der Waals surface area contributed by atoms with Crippen molar-refractivity contribution in [3.8, 4) is 11.8 Å². The van der Waals surface area contributed by atoms with Crippen molar-refractivity contribution < 1.29 is 4.74 Å². The molecule has 0 fully saturated rings. The summed E-state index contributed by atoms with van der Waals surface area (Å²) in [4.78, 5) is 0. The molecule has 0 spiro atoms. The van der Waals surface area contributed by atoms with Crippen molar-refractivity contribution in [3.63, 3.8) is 0 Å². The summed E-state index contributed by atoms with van der Waals surface area (Å²) in [5.74, 6) is 0.766. The number of nitriles is 1. The van der Waals surface area contributed by atoms with Crippen LogP contribution in [0.5, 0.6) is 5.75 Å². The molecule has 2 aromatic carbocycles. The average molecular weight is 263 g/mol. The highest BCUT2D eigenvalue weighted by molar-refractivity contribution is 5.44. The molecular formula is C16H13N3O. The van der Waals surface area contributed by atoms with Gasteiger partial charge in [0.1, 0.15) is 12.4 Å². The highest BCUT2D eigenvalue weighted by Gasteiger charge is 1.94. The molecule has 4 nitrogen and oxygen atoms in total. The van der Waals surface area contributed by atoms with E-state index in [1.54, 1.807) is 30.3 Å². The van der Waals surface area contributed by atoms with E-state index >= 15 is 0 Å². The predicted molar refractivity (Wildman–Crippen MR) is 77.5 cm³/mol. The highest BCUT2D eigenvalue weighted by atomic mass is 16.5. The SMILES string of the molecule is C=CCOc1ccc(N=Nc2ccc(C#N)cc2)cc1. The Hall–Kier alpha value is -2.93. The molecule has 4 heteroatoms. The molecule has 0 saturated carbocycles. The second-order valence-electron chi connectivity index (χ2n) is 3.95. The van der Waals surface area contributed by atoms with Gasteiger partial charge in [-0.3, -0.25) is 0 Å². The summed E-state index contributed by atoms with van der Waals surface area (Å²) in [5, 5.41) is 16.9. The van der Waals surface area contributed by atoms with E-state index in [9.17, 15) is 0 Å². The zero-order valence-electron chi connectivity index (χ0n) is 10.9. The topological polar surface area (TPSA) is 57.7 Å². The molecule has 0 N–H and O–H groups in total. The van der Waals surface area contributed by atoms with Crippen LogP contribution in [0.1, 0.15) is 5.56 Å². The van der Waals surface area contributed by atoms with Crippen molar-refractivity contribution in [1.82, 2.24) is 0 Å². The lowest BCUT2D eigenvalue weighted by molar-refractivity contribution is 0.363. The number of azo groups is 1. The number of nitrogens with zero attached hydrogens (tertiary/aromatic N) is 3. The van der Waals surface area contributed by atoms with Gasteiger partial charge in [0.2, 0.25) is 0 Å². The molecule has 0 aromatic heterocycles. The first-order valence-electron chi connectivity index (χ1n) is 6.07. The van der Waals surface area contributed by atoms with E-state index in [0.29, 0.717) is 17.9 Å². The van der Waals surface area contributed by atoms with Gasteiger partial charge in [0.05, 0.1) is 23.0 Å². The van der Waals surface area contributed by atoms with Gasteiger partial charge in [0.25, 0.3) is 0 Å². The molecule has 0 unspecified atom stereocenters. The predicted octanol–water partition coefficient (Wildman–Crippen LogP) is 4.54. The fraction of sp³-hybridized carbons (Fsp3) is 0.0625. The third-order valence-corrected chi connectivity index (χ3v) is 2.48. The van der Waals surface area contributed by atoms with Crippen molar-refractivity contribution >= 4 is 11.4 Å². The molecule has 20 heavy (non-hydrogen) atoms. The number of rotatable bonds is 5. The monoisotopic (exact) mass is 263 g/mol. The summed E-state index contributed by atoms with van der Waals surface area (Å²) in [6, 6.07) is 16.3. The van der Waals surface area contributed by atoms with E-state index in [1.165, 1.54) is 0 Å². The molecule has 0 aliphatic heterocycles. The molecule has 2 aromatic rings. The van der Waals surface area contributed by atoms with Crippen LogP contribution in [0, 0.1) is 11.3 Å². The van der Waals surface area contributed by atoms with E-state index < -0.39 is 0 Å². The van der Waals surface area contributed by atoms with Gasteiger partial charge < -0.3 is 4.74 Å². The van der Waals surface area contributed by atoms with Gasteiger partial charge in [-0.1, -0.05) is 12.7 Å². The molecule has 98 valence electrons. The van der Waals surface area contributed by atoms with Gasteiger partial charge in [0.15, 0.2) is 0 Å². The van der Waals surface area contributed by atoms with Gasteiger partial charge in [-0.05, 0) is 48.5 Å². The summed E-state index contributed by atoms with van der Waals surface area (Å²) in [7, 11) is 0. The molecule has 0 bridgehead atoms. The standard InChI is InChI=1S/C16H13N3O/c1-2-11-20-16-9-7-15(8-10-16)19-18-14-5-3-13(12-17)4-6-14/h2-10H,1,11H2. The van der Waals surface area contributed by atoms with Gasteiger partial charge in [0, 0.05) is 0 Å². The minimum atomic E-state index is 0.478. The first kappa shape index (κ1) is 13.5. The first-order chi connectivity index (χ1) is 9.81. The number of ether oxygens (including phenoxy) is 1. The van der Waals surface area contributed by atoms with Crippen molar-refractivity contribution in [3.05, 3.63) is 66.7 Å². The first-order valence-corrected chi connectivity index (χ1v) is 6.07. The lowest BCUT2D eigenvalue weighted by atomic mass is 10.2. The molecular weight excluding hydrogens is 250 g/mol. The Morgan fingerprint density at radius 3 is 2.05 bits per heavy atom. The Morgan fingerprint density at radius 2 is 1.55 bits per heavy atom. The molecule has 0 saturated heterocycles. The number of benzene rings is 2. The lowest BCUT2D eigenvalue weighted by Crippen LogP contribution is -1.91. The van der Waals surface area contributed by atoms with Gasteiger partial charge >= 0.3 is 0 Å². The van der Waals surface area contributed by atoms with Crippen LogP contribution in [0.3, 0.4) is 0 Å². The third-order valence-electron chi connectivity index (χ3n) is 2.48. The average Bonchev–Trinajstić information content (AvgIpc) is 2.52. The van der Waals surface area contributed by atoms with Gasteiger partial charge in [-0.25, -0.2) is 0 Å². The molecule has 0 aliphatic carbocycles. The molecule has 0 radical (unpaired) electrons. The van der Waals surface area contributed by atoms with Gasteiger partial charge in [-0.2, -0.15) is 15.5 Å². The van der Waals surface area contributed by atoms with E-state index in [4.69, 9.17) is 10.00 Å². The van der Waals surface area contributed by atoms with Crippen molar-refractivity contribution in [2.45, 2.75) is 0 Å². The lowest BCUT2D eigenvalue weighted by Gasteiger charge is -2.02. The normalized spacial score (nSPS) is 10.2. The Labute approximate surface area is 117 Å². The van der Waals surface area contributed by atoms with E-state index in [0.717, 1.165) is 11.4 Å². The maximum absolute atomic E-state index is 8.70. The van der Waals surface area contributed by atoms with Crippen LogP contribution in [-0.4, -0.2) is 6.61 Å². The van der Waals surface area contributed by atoms with E-state index in [2.05, 4.69) is 22.9 Å². The maximum atomic E-state index is 8.70. The van der Waals surface area contributed by atoms with Crippen LogP contribution in [0.2, 0.25) is 0 Å². The van der Waals surface area contributed by atoms with Crippen molar-refractivity contribution in [1.29, 1.82) is 5.26 Å². The molecule has 2 rings (SSSR count). The quantitative estimate of drug-likeness (QED) is 0.587. The zero-order chi connectivity index (χ0) is 14.2. The Kier molecular flexibility index (Phi) is 4.63. The van der Waals surface area contributed by atoms with Gasteiger partial charge in [-0.15, -0.1) is 0 Å². The third kappa shape index (κ3) is 3.79. The minimum Gasteiger partial charge on any atom is -0.490 e. The highest BCUT2D eigenvalue weighted by Crippen LogP contribution is 2.21. The van der Waals surface area contributed by atoms with Crippen LogP contribution < -0.4 is 4.74 Å². The Bertz CT molecular complexity index is 637. The summed E-state index contributed by atoms with van der Waals surface area (Å²) >= 11 is 0. The summed E-state index contributed by atoms with van der Waals surface area (Å²) < 4.78 is 5.38. The molecule has 0 amide bonds. The molecule has 0 heterocycles. The van der Waals surface area contributed by atoms with Crippen LogP contribution in [-0.2, 0) is 0 Å². The van der Waals surface area contributed by atoms with Crippen molar-refractivity contribution in [2.75, 3.05) is 6.61 Å². The molecule has 0 atom stereocenters. The van der Waals surface area contributed by atoms with E-state index in [1.807, 2.05) is 24.3 Å². The number of hydrogen-bond donors (Lipinski definition) is 0. The van der Waals surface area contributed by atoms with Crippen molar-refractivity contribution in [2.24, 2.45) is 10.2 Å². The van der Waals surface area contributed by atoms with Crippen LogP contribution >= 0.6 is 0 Å². The fourth-order valence-corrected chi connectivity index (χ4v) is 1.48. The minimum absolute atomic E-state index is 0.478. The summed E-state index contributed by atoms with van der Waals surface area (Å²) in [5.41, 5.74) is 2.05. The largest absolute Gasteiger partial charge is 0.490 e. The zero-order valence-corrected chi connectivity index (χ0v) is 10.9. The van der Waals surface area contributed by atoms with E-state index in [-0.39, 0.29) is 0 Å². The molecule has 0 aliphatic rings. The second-order valence-corrected chi connectivity index (χ2v) is 3.95. The fourth-order valence-electron chi connectivity index (χ4n) is 1.48. The number of hydrogen-bond acceptors (Lipinski definition) is 4. The smallest absolute Gasteiger partial charge is 0.119 e. The summed E-state index contributed by atoms with van der Waals surface area (Å²) in [6.07, 6.45) is 1.69. The second kappa shape index (κ2) is 6.86. The maximum Gasteiger partial charge on any atom is 0.119 e. The van der Waals surface area contributed by atoms with Crippen LogP contribution in [0.15, 0.2) is 71.4 Å². The Morgan fingerprint density at radius 1 is 1.00 bits per heavy atom.